The van der Waals surface area contributed by atoms with Crippen molar-refractivity contribution in [2.24, 2.45) is 0 Å². The summed E-state index contributed by atoms with van der Waals surface area (Å²) >= 11 is 0. The van der Waals surface area contributed by atoms with E-state index in [4.69, 9.17) is 4.74 Å². The Morgan fingerprint density at radius 1 is 1.29 bits per heavy atom. The standard InChI is InChI=1S/C16H23NO4/c1-11-7-8-13(19)12(9-11)16(5,10-18)17(6)14(20)21-15(2,3)4/h7-10,19H,1-6H3. The highest BCUT2D eigenvalue weighted by Crippen LogP contribution is 2.33. The summed E-state index contributed by atoms with van der Waals surface area (Å²) in [5, 5.41) is 10.0. The second kappa shape index (κ2) is 5.76. The molecule has 0 saturated carbocycles. The maximum absolute atomic E-state index is 12.2. The Morgan fingerprint density at radius 3 is 2.33 bits per heavy atom. The summed E-state index contributed by atoms with van der Waals surface area (Å²) in [6.07, 6.45) is 0.00352. The zero-order valence-electron chi connectivity index (χ0n) is 13.4. The van der Waals surface area contributed by atoms with Crippen LogP contribution in [0.2, 0.25) is 0 Å². The van der Waals surface area contributed by atoms with E-state index in [1.807, 2.05) is 6.92 Å². The summed E-state index contributed by atoms with van der Waals surface area (Å²) in [6.45, 7) is 8.67. The molecule has 0 spiro atoms. The van der Waals surface area contributed by atoms with Crippen LogP contribution in [-0.2, 0) is 15.1 Å². The number of ether oxygens (including phenoxy) is 1. The predicted octanol–water partition coefficient (Wildman–Crippen LogP) is 2.98. The van der Waals surface area contributed by atoms with E-state index in [9.17, 15) is 14.7 Å². The normalized spacial score (nSPS) is 14.2. The lowest BCUT2D eigenvalue weighted by Gasteiger charge is -2.36. The van der Waals surface area contributed by atoms with Gasteiger partial charge in [0.2, 0.25) is 0 Å². The topological polar surface area (TPSA) is 66.8 Å². The van der Waals surface area contributed by atoms with Gasteiger partial charge in [0, 0.05) is 12.6 Å². The first-order valence-corrected chi connectivity index (χ1v) is 6.74. The van der Waals surface area contributed by atoms with Crippen LogP contribution in [0.25, 0.3) is 0 Å². The number of phenolic OH excluding ortho intramolecular Hbond substituents is 1. The molecule has 1 aromatic rings. The SMILES string of the molecule is Cc1ccc(O)c(C(C)(C=O)N(C)C(=O)OC(C)(C)C)c1. The van der Waals surface area contributed by atoms with Crippen LogP contribution in [-0.4, -0.2) is 35.0 Å². The van der Waals surface area contributed by atoms with Gasteiger partial charge in [0.05, 0.1) is 0 Å². The van der Waals surface area contributed by atoms with Crippen molar-refractivity contribution in [2.45, 2.75) is 45.8 Å². The number of hydrogen-bond acceptors (Lipinski definition) is 4. The van der Waals surface area contributed by atoms with E-state index in [-0.39, 0.29) is 5.75 Å². The molecule has 5 nitrogen and oxygen atoms in total. The number of carbonyl (C=O) groups excluding carboxylic acids is 2. The van der Waals surface area contributed by atoms with E-state index in [1.165, 1.54) is 18.0 Å². The van der Waals surface area contributed by atoms with Gasteiger partial charge in [-0.25, -0.2) is 4.79 Å². The second-order valence-electron chi connectivity index (χ2n) is 6.33. The smallest absolute Gasteiger partial charge is 0.411 e. The lowest BCUT2D eigenvalue weighted by Crippen LogP contribution is -2.48. The van der Waals surface area contributed by atoms with Gasteiger partial charge >= 0.3 is 6.09 Å². The predicted molar refractivity (Wildman–Crippen MR) is 80.3 cm³/mol. The molecule has 0 aliphatic heterocycles. The molecule has 0 saturated heterocycles. The van der Waals surface area contributed by atoms with Crippen LogP contribution in [0, 0.1) is 6.92 Å². The highest BCUT2D eigenvalue weighted by molar-refractivity contribution is 5.79. The third-order valence-corrected chi connectivity index (χ3v) is 3.29. The number of carbonyl (C=O) groups is 2. The van der Waals surface area contributed by atoms with Gasteiger partial charge in [-0.05, 0) is 46.8 Å². The Labute approximate surface area is 125 Å². The van der Waals surface area contributed by atoms with E-state index < -0.39 is 17.2 Å². The van der Waals surface area contributed by atoms with Gasteiger partial charge in [0.15, 0.2) is 0 Å². The molecule has 1 unspecified atom stereocenters. The molecule has 1 N–H and O–H groups in total. The van der Waals surface area contributed by atoms with E-state index in [0.717, 1.165) is 5.56 Å². The van der Waals surface area contributed by atoms with Gasteiger partial charge in [-0.3, -0.25) is 4.90 Å². The van der Waals surface area contributed by atoms with Gasteiger partial charge < -0.3 is 14.6 Å². The molecular formula is C16H23NO4. The van der Waals surface area contributed by atoms with Crippen LogP contribution in [0.3, 0.4) is 0 Å². The number of phenols is 1. The average molecular weight is 293 g/mol. The molecule has 0 fully saturated rings. The van der Waals surface area contributed by atoms with Gasteiger partial charge in [-0.1, -0.05) is 11.6 Å². The number of aryl methyl sites for hydroxylation is 1. The highest BCUT2D eigenvalue weighted by Gasteiger charge is 2.38. The van der Waals surface area contributed by atoms with Crippen molar-refractivity contribution >= 4 is 12.4 Å². The van der Waals surface area contributed by atoms with Gasteiger partial charge in [-0.2, -0.15) is 0 Å². The minimum atomic E-state index is -1.31. The van der Waals surface area contributed by atoms with E-state index in [2.05, 4.69) is 0 Å². The molecule has 5 heteroatoms. The Balaban J connectivity index is 3.23. The van der Waals surface area contributed by atoms with Crippen molar-refractivity contribution in [3.63, 3.8) is 0 Å². The number of nitrogens with zero attached hydrogens (tertiary/aromatic N) is 1. The Kier molecular flexibility index (Phi) is 4.66. The van der Waals surface area contributed by atoms with E-state index in [0.29, 0.717) is 11.8 Å². The molecule has 1 amide bonds. The van der Waals surface area contributed by atoms with Crippen LogP contribution < -0.4 is 0 Å². The lowest BCUT2D eigenvalue weighted by atomic mass is 9.90. The first-order chi connectivity index (χ1) is 9.51. The summed E-state index contributed by atoms with van der Waals surface area (Å²) in [4.78, 5) is 25.0. The minimum Gasteiger partial charge on any atom is -0.508 e. The van der Waals surface area contributed by atoms with Crippen LogP contribution in [0.5, 0.6) is 5.75 Å². The third-order valence-electron chi connectivity index (χ3n) is 3.29. The molecule has 21 heavy (non-hydrogen) atoms. The van der Waals surface area contributed by atoms with Crippen molar-refractivity contribution in [1.29, 1.82) is 0 Å². The lowest BCUT2D eigenvalue weighted by molar-refractivity contribution is -0.117. The summed E-state index contributed by atoms with van der Waals surface area (Å²) in [5.41, 5.74) is -0.721. The number of amides is 1. The number of benzene rings is 1. The van der Waals surface area contributed by atoms with Crippen molar-refractivity contribution in [2.75, 3.05) is 7.05 Å². The van der Waals surface area contributed by atoms with Gasteiger partial charge in [0.25, 0.3) is 0 Å². The maximum atomic E-state index is 12.2. The van der Waals surface area contributed by atoms with Crippen molar-refractivity contribution in [3.05, 3.63) is 29.3 Å². The molecule has 116 valence electrons. The molecule has 1 aromatic carbocycles. The number of rotatable bonds is 3. The fourth-order valence-electron chi connectivity index (χ4n) is 1.90. The third kappa shape index (κ3) is 3.74. The van der Waals surface area contributed by atoms with Crippen molar-refractivity contribution in [1.82, 2.24) is 4.90 Å². The first kappa shape index (κ1) is 17.0. The molecule has 0 heterocycles. The molecule has 0 aromatic heterocycles. The van der Waals surface area contributed by atoms with Crippen LogP contribution in [0.1, 0.15) is 38.8 Å². The summed E-state index contributed by atoms with van der Waals surface area (Å²) in [7, 11) is 1.48. The van der Waals surface area contributed by atoms with Crippen LogP contribution >= 0.6 is 0 Å². The number of aromatic hydroxyl groups is 1. The van der Waals surface area contributed by atoms with Crippen LogP contribution in [0.4, 0.5) is 4.79 Å². The highest BCUT2D eigenvalue weighted by atomic mass is 16.6. The minimum absolute atomic E-state index is 0.0365. The van der Waals surface area contributed by atoms with Crippen molar-refractivity contribution in [3.8, 4) is 5.75 Å². The Bertz CT molecular complexity index is 548. The number of hydrogen-bond donors (Lipinski definition) is 1. The van der Waals surface area contributed by atoms with E-state index >= 15 is 0 Å². The fraction of sp³-hybridized carbons (Fsp3) is 0.500. The second-order valence-corrected chi connectivity index (χ2v) is 6.33. The summed E-state index contributed by atoms with van der Waals surface area (Å²) in [6, 6.07) is 4.93. The largest absolute Gasteiger partial charge is 0.508 e. The van der Waals surface area contributed by atoms with Gasteiger partial charge in [-0.15, -0.1) is 0 Å². The average Bonchev–Trinajstić information content (AvgIpc) is 2.37. The Morgan fingerprint density at radius 2 is 1.86 bits per heavy atom. The molecule has 1 rings (SSSR count). The van der Waals surface area contributed by atoms with Crippen molar-refractivity contribution < 1.29 is 19.4 Å². The molecular weight excluding hydrogens is 270 g/mol. The fourth-order valence-corrected chi connectivity index (χ4v) is 1.90. The zero-order chi connectivity index (χ0) is 16.4. The Hall–Kier alpha value is -2.04. The summed E-state index contributed by atoms with van der Waals surface area (Å²) in [5.74, 6) is -0.0365. The number of likely N-dealkylation sites (N-methyl/N-ethyl adjacent to an activating group) is 1. The monoisotopic (exact) mass is 293 g/mol. The van der Waals surface area contributed by atoms with Crippen LogP contribution in [0.15, 0.2) is 18.2 Å². The quantitative estimate of drug-likeness (QED) is 0.870. The van der Waals surface area contributed by atoms with E-state index in [1.54, 1.807) is 39.8 Å². The molecule has 0 aliphatic carbocycles. The number of aldehydes is 1. The zero-order valence-corrected chi connectivity index (χ0v) is 13.4. The molecule has 0 aliphatic rings. The first-order valence-electron chi connectivity index (χ1n) is 6.74. The maximum Gasteiger partial charge on any atom is 0.411 e. The van der Waals surface area contributed by atoms with Gasteiger partial charge in [0.1, 0.15) is 23.2 Å². The molecule has 0 radical (unpaired) electrons. The molecule has 0 bridgehead atoms. The molecule has 1 atom stereocenters. The summed E-state index contributed by atoms with van der Waals surface area (Å²) < 4.78 is 5.29.